The number of fused-ring (bicyclic) bond motifs is 1. The Morgan fingerprint density at radius 2 is 1.95 bits per heavy atom. The Hall–Kier alpha value is -2.60. The van der Waals surface area contributed by atoms with Crippen molar-refractivity contribution in [1.29, 1.82) is 5.26 Å². The number of rotatable bonds is 2. The lowest BCUT2D eigenvalue weighted by molar-refractivity contribution is 0.602. The van der Waals surface area contributed by atoms with Gasteiger partial charge < -0.3 is 4.57 Å². The highest BCUT2D eigenvalue weighted by molar-refractivity contribution is 5.81. The molecule has 0 aliphatic carbocycles. The molecule has 2 aromatic carbocycles. The number of aromatic nitrogens is 1. The number of nitriles is 1. The van der Waals surface area contributed by atoms with Gasteiger partial charge in [0.2, 0.25) is 0 Å². The summed E-state index contributed by atoms with van der Waals surface area (Å²) >= 11 is 0. The van der Waals surface area contributed by atoms with Crippen LogP contribution in [0.15, 0.2) is 54.7 Å². The molecular formula is C16H11FN2. The Kier molecular flexibility index (Phi) is 2.77. The summed E-state index contributed by atoms with van der Waals surface area (Å²) in [6.45, 7) is 0.488. The van der Waals surface area contributed by atoms with Gasteiger partial charge in [0.1, 0.15) is 5.82 Å². The van der Waals surface area contributed by atoms with Crippen LogP contribution in [-0.4, -0.2) is 4.57 Å². The predicted molar refractivity (Wildman–Crippen MR) is 72.2 cm³/mol. The van der Waals surface area contributed by atoms with Gasteiger partial charge in [0.15, 0.2) is 0 Å². The van der Waals surface area contributed by atoms with E-state index in [0.29, 0.717) is 17.7 Å². The molecule has 1 aromatic heterocycles. The number of halogens is 1. The molecule has 0 saturated carbocycles. The van der Waals surface area contributed by atoms with Crippen LogP contribution in [-0.2, 0) is 6.54 Å². The summed E-state index contributed by atoms with van der Waals surface area (Å²) in [5.74, 6) is -0.196. The van der Waals surface area contributed by atoms with Crippen molar-refractivity contribution in [3.63, 3.8) is 0 Å². The van der Waals surface area contributed by atoms with Gasteiger partial charge in [-0.05, 0) is 30.3 Å². The predicted octanol–water partition coefficient (Wildman–Crippen LogP) is 3.70. The average Bonchev–Trinajstić information content (AvgIpc) is 2.83. The molecule has 3 aromatic rings. The van der Waals surface area contributed by atoms with Crippen molar-refractivity contribution in [2.24, 2.45) is 0 Å². The molecule has 0 amide bonds. The standard InChI is InChI=1S/C16H11FN2/c17-15-4-2-1-3-14(15)11-19-8-7-13-9-12(10-18)5-6-16(13)19/h1-9H,11H2. The van der Waals surface area contributed by atoms with Crippen molar-refractivity contribution in [1.82, 2.24) is 4.57 Å². The molecule has 19 heavy (non-hydrogen) atoms. The van der Waals surface area contributed by atoms with Crippen molar-refractivity contribution < 1.29 is 4.39 Å². The molecule has 0 aliphatic rings. The summed E-state index contributed by atoms with van der Waals surface area (Å²) in [7, 11) is 0. The van der Waals surface area contributed by atoms with Gasteiger partial charge in [-0.2, -0.15) is 5.26 Å². The van der Waals surface area contributed by atoms with E-state index in [1.807, 2.05) is 35.0 Å². The van der Waals surface area contributed by atoms with E-state index in [1.54, 1.807) is 18.2 Å². The minimum absolute atomic E-state index is 0.196. The first kappa shape index (κ1) is 11.5. The third kappa shape index (κ3) is 2.09. The fourth-order valence-corrected chi connectivity index (χ4v) is 2.22. The Morgan fingerprint density at radius 1 is 1.11 bits per heavy atom. The zero-order chi connectivity index (χ0) is 13.2. The molecule has 0 atom stereocenters. The highest BCUT2D eigenvalue weighted by Crippen LogP contribution is 2.19. The molecule has 0 radical (unpaired) electrons. The second-order valence-corrected chi connectivity index (χ2v) is 4.42. The van der Waals surface area contributed by atoms with E-state index in [0.717, 1.165) is 10.9 Å². The highest BCUT2D eigenvalue weighted by atomic mass is 19.1. The fraction of sp³-hybridized carbons (Fsp3) is 0.0625. The first-order chi connectivity index (χ1) is 9.28. The molecule has 0 fully saturated rings. The topological polar surface area (TPSA) is 28.7 Å². The second-order valence-electron chi connectivity index (χ2n) is 4.42. The van der Waals surface area contributed by atoms with Crippen LogP contribution in [0.1, 0.15) is 11.1 Å². The van der Waals surface area contributed by atoms with Crippen LogP contribution in [0.5, 0.6) is 0 Å². The molecule has 0 aliphatic heterocycles. The van der Waals surface area contributed by atoms with E-state index < -0.39 is 0 Å². The zero-order valence-electron chi connectivity index (χ0n) is 10.2. The molecule has 0 spiro atoms. The molecule has 3 heteroatoms. The number of hydrogen-bond acceptors (Lipinski definition) is 1. The SMILES string of the molecule is N#Cc1ccc2c(ccn2Cc2ccccc2F)c1. The van der Waals surface area contributed by atoms with Crippen LogP contribution < -0.4 is 0 Å². The molecule has 0 unspecified atom stereocenters. The van der Waals surface area contributed by atoms with Gasteiger partial charge in [-0.15, -0.1) is 0 Å². The van der Waals surface area contributed by atoms with Gasteiger partial charge in [-0.3, -0.25) is 0 Å². The molecule has 3 rings (SSSR count). The van der Waals surface area contributed by atoms with Crippen LogP contribution in [0.25, 0.3) is 10.9 Å². The van der Waals surface area contributed by atoms with E-state index in [2.05, 4.69) is 6.07 Å². The average molecular weight is 250 g/mol. The molecule has 0 bridgehead atoms. The summed E-state index contributed by atoms with van der Waals surface area (Å²) in [6.07, 6.45) is 1.91. The van der Waals surface area contributed by atoms with Gasteiger partial charge in [0.25, 0.3) is 0 Å². The van der Waals surface area contributed by atoms with Crippen molar-refractivity contribution >= 4 is 10.9 Å². The summed E-state index contributed by atoms with van der Waals surface area (Å²) in [6, 6.07) is 16.3. The summed E-state index contributed by atoms with van der Waals surface area (Å²) < 4.78 is 15.6. The molecular weight excluding hydrogens is 239 g/mol. The number of benzene rings is 2. The van der Waals surface area contributed by atoms with Crippen LogP contribution in [0.4, 0.5) is 4.39 Å². The van der Waals surface area contributed by atoms with E-state index in [9.17, 15) is 4.39 Å². The van der Waals surface area contributed by atoms with Crippen molar-refractivity contribution in [3.8, 4) is 6.07 Å². The van der Waals surface area contributed by atoms with Crippen LogP contribution in [0.3, 0.4) is 0 Å². The second kappa shape index (κ2) is 4.58. The van der Waals surface area contributed by atoms with Gasteiger partial charge >= 0.3 is 0 Å². The van der Waals surface area contributed by atoms with E-state index >= 15 is 0 Å². The third-order valence-electron chi connectivity index (χ3n) is 3.20. The van der Waals surface area contributed by atoms with Gasteiger partial charge in [0, 0.05) is 22.7 Å². The zero-order valence-corrected chi connectivity index (χ0v) is 10.2. The van der Waals surface area contributed by atoms with E-state index in [1.165, 1.54) is 6.07 Å². The monoisotopic (exact) mass is 250 g/mol. The lowest BCUT2D eigenvalue weighted by atomic mass is 10.1. The lowest BCUT2D eigenvalue weighted by Gasteiger charge is -2.06. The van der Waals surface area contributed by atoms with Gasteiger partial charge in [-0.25, -0.2) is 4.39 Å². The Balaban J connectivity index is 2.03. The fourth-order valence-electron chi connectivity index (χ4n) is 2.22. The quantitative estimate of drug-likeness (QED) is 0.681. The number of hydrogen-bond donors (Lipinski definition) is 0. The van der Waals surface area contributed by atoms with E-state index in [-0.39, 0.29) is 5.82 Å². The molecule has 0 N–H and O–H groups in total. The first-order valence-corrected chi connectivity index (χ1v) is 6.00. The first-order valence-electron chi connectivity index (χ1n) is 6.00. The van der Waals surface area contributed by atoms with Crippen molar-refractivity contribution in [2.75, 3.05) is 0 Å². The molecule has 92 valence electrons. The maximum Gasteiger partial charge on any atom is 0.128 e. The Bertz CT molecular complexity index is 781. The van der Waals surface area contributed by atoms with Crippen LogP contribution in [0, 0.1) is 17.1 Å². The third-order valence-corrected chi connectivity index (χ3v) is 3.20. The highest BCUT2D eigenvalue weighted by Gasteiger charge is 2.05. The van der Waals surface area contributed by atoms with Crippen molar-refractivity contribution in [2.45, 2.75) is 6.54 Å². The smallest absolute Gasteiger partial charge is 0.128 e. The van der Waals surface area contributed by atoms with Crippen LogP contribution in [0.2, 0.25) is 0 Å². The van der Waals surface area contributed by atoms with Crippen LogP contribution >= 0.6 is 0 Å². The van der Waals surface area contributed by atoms with Gasteiger partial charge in [-0.1, -0.05) is 18.2 Å². The maximum atomic E-state index is 13.6. The molecule has 0 saturated heterocycles. The minimum atomic E-state index is -0.196. The molecule has 2 nitrogen and oxygen atoms in total. The largest absolute Gasteiger partial charge is 0.343 e. The van der Waals surface area contributed by atoms with Crippen molar-refractivity contribution in [3.05, 3.63) is 71.7 Å². The number of nitrogens with zero attached hydrogens (tertiary/aromatic N) is 2. The molecule has 1 heterocycles. The van der Waals surface area contributed by atoms with Gasteiger partial charge in [0.05, 0.1) is 18.2 Å². The minimum Gasteiger partial charge on any atom is -0.343 e. The Labute approximate surface area is 110 Å². The summed E-state index contributed by atoms with van der Waals surface area (Å²) in [5.41, 5.74) is 2.29. The van der Waals surface area contributed by atoms with E-state index in [4.69, 9.17) is 5.26 Å². The summed E-state index contributed by atoms with van der Waals surface area (Å²) in [4.78, 5) is 0. The maximum absolute atomic E-state index is 13.6. The normalized spacial score (nSPS) is 10.5. The lowest BCUT2D eigenvalue weighted by Crippen LogP contribution is -2.00. The summed E-state index contributed by atoms with van der Waals surface area (Å²) in [5, 5.41) is 9.86. The Morgan fingerprint density at radius 3 is 2.74 bits per heavy atom.